The van der Waals surface area contributed by atoms with Crippen molar-refractivity contribution < 1.29 is 0 Å². The average molecular weight is 395 g/mol. The minimum atomic E-state index is -0.116. The SMILES string of the molecule is O=c1c2ccccc2nc2n1CCn1c-2nc2ccc(Br)cc2c1=O. The molecule has 0 saturated carbocycles. The normalized spacial score (nSPS) is 13.0. The zero-order chi connectivity index (χ0) is 17.1. The Bertz CT molecular complexity index is 1310. The van der Waals surface area contributed by atoms with Gasteiger partial charge in [-0.05, 0) is 30.3 Å². The van der Waals surface area contributed by atoms with Crippen LogP contribution in [0.25, 0.3) is 33.5 Å². The smallest absolute Gasteiger partial charge is 0.261 e. The van der Waals surface area contributed by atoms with E-state index in [0.29, 0.717) is 46.5 Å². The molecule has 2 aromatic heterocycles. The van der Waals surface area contributed by atoms with Gasteiger partial charge in [0.15, 0.2) is 11.6 Å². The molecule has 3 heterocycles. The number of benzene rings is 2. The van der Waals surface area contributed by atoms with E-state index in [0.717, 1.165) is 4.47 Å². The van der Waals surface area contributed by atoms with Gasteiger partial charge in [0, 0.05) is 17.6 Å². The van der Waals surface area contributed by atoms with E-state index in [9.17, 15) is 9.59 Å². The van der Waals surface area contributed by atoms with Crippen LogP contribution in [0.1, 0.15) is 0 Å². The highest BCUT2D eigenvalue weighted by molar-refractivity contribution is 9.10. The molecule has 0 amide bonds. The maximum absolute atomic E-state index is 12.9. The summed E-state index contributed by atoms with van der Waals surface area (Å²) >= 11 is 3.39. The van der Waals surface area contributed by atoms with E-state index in [1.807, 2.05) is 18.2 Å². The summed E-state index contributed by atoms with van der Waals surface area (Å²) in [5.74, 6) is 0.880. The Labute approximate surface area is 149 Å². The molecular formula is C18H11BrN4O2. The predicted octanol–water partition coefficient (Wildman–Crippen LogP) is 2.55. The third-order valence-electron chi connectivity index (χ3n) is 4.53. The molecular weight excluding hydrogens is 384 g/mol. The van der Waals surface area contributed by atoms with Gasteiger partial charge in [-0.1, -0.05) is 28.1 Å². The van der Waals surface area contributed by atoms with E-state index in [-0.39, 0.29) is 11.1 Å². The number of fused-ring (bicyclic) bond motifs is 5. The van der Waals surface area contributed by atoms with Crippen LogP contribution in [-0.4, -0.2) is 19.1 Å². The highest BCUT2D eigenvalue weighted by atomic mass is 79.9. The van der Waals surface area contributed by atoms with Gasteiger partial charge >= 0.3 is 0 Å². The van der Waals surface area contributed by atoms with Crippen molar-refractivity contribution in [1.82, 2.24) is 19.1 Å². The second-order valence-corrected chi connectivity index (χ2v) is 6.88. The summed E-state index contributed by atoms with van der Waals surface area (Å²) in [6, 6.07) is 12.6. The Hall–Kier alpha value is -2.80. The van der Waals surface area contributed by atoms with E-state index in [4.69, 9.17) is 0 Å². The van der Waals surface area contributed by atoms with Crippen molar-refractivity contribution in [1.29, 1.82) is 0 Å². The molecule has 0 bridgehead atoms. The molecule has 6 nitrogen and oxygen atoms in total. The molecule has 0 atom stereocenters. The molecule has 0 radical (unpaired) electrons. The Morgan fingerprint density at radius 1 is 0.800 bits per heavy atom. The van der Waals surface area contributed by atoms with Crippen LogP contribution in [0.4, 0.5) is 0 Å². The van der Waals surface area contributed by atoms with Crippen molar-refractivity contribution in [3.05, 3.63) is 67.6 Å². The van der Waals surface area contributed by atoms with Crippen molar-refractivity contribution in [3.63, 3.8) is 0 Å². The first kappa shape index (κ1) is 14.5. The van der Waals surface area contributed by atoms with Gasteiger partial charge in [0.25, 0.3) is 11.1 Å². The zero-order valence-electron chi connectivity index (χ0n) is 12.9. The highest BCUT2D eigenvalue weighted by Crippen LogP contribution is 2.23. The summed E-state index contributed by atoms with van der Waals surface area (Å²) in [7, 11) is 0. The minimum absolute atomic E-state index is 0.1000. The molecule has 1 aliphatic heterocycles. The van der Waals surface area contributed by atoms with Gasteiger partial charge < -0.3 is 0 Å². The molecule has 0 N–H and O–H groups in total. The van der Waals surface area contributed by atoms with Crippen molar-refractivity contribution in [2.75, 3.05) is 0 Å². The Kier molecular flexibility index (Phi) is 2.96. The first-order valence-corrected chi connectivity index (χ1v) is 8.63. The third-order valence-corrected chi connectivity index (χ3v) is 5.02. The number of aromatic nitrogens is 4. The number of nitrogens with zero attached hydrogens (tertiary/aromatic N) is 4. The summed E-state index contributed by atoms with van der Waals surface area (Å²) in [5, 5.41) is 1.13. The lowest BCUT2D eigenvalue weighted by atomic mass is 10.2. The molecule has 0 unspecified atom stereocenters. The van der Waals surface area contributed by atoms with Crippen LogP contribution in [0.15, 0.2) is 56.5 Å². The van der Waals surface area contributed by atoms with Crippen molar-refractivity contribution in [3.8, 4) is 11.6 Å². The molecule has 0 spiro atoms. The number of halogens is 1. The van der Waals surface area contributed by atoms with Crippen LogP contribution in [-0.2, 0) is 13.1 Å². The zero-order valence-corrected chi connectivity index (χ0v) is 14.5. The number of hydrogen-bond acceptors (Lipinski definition) is 4. The molecule has 4 aromatic rings. The summed E-state index contributed by atoms with van der Waals surface area (Å²) in [4.78, 5) is 34.9. The van der Waals surface area contributed by atoms with Gasteiger partial charge in [0.2, 0.25) is 0 Å². The van der Waals surface area contributed by atoms with Crippen LogP contribution in [0.3, 0.4) is 0 Å². The lowest BCUT2D eigenvalue weighted by molar-refractivity contribution is 0.520. The standard InChI is InChI=1S/C18H11BrN4O2/c19-10-5-6-14-12(9-10)18(25)23-8-7-22-15(16(23)21-14)20-13-4-2-1-3-11(13)17(22)24/h1-6,9H,7-8H2. The lowest BCUT2D eigenvalue weighted by Gasteiger charge is -2.22. The van der Waals surface area contributed by atoms with Gasteiger partial charge in [-0.3, -0.25) is 18.7 Å². The fourth-order valence-corrected chi connectivity index (χ4v) is 3.68. The van der Waals surface area contributed by atoms with E-state index in [1.165, 1.54) is 0 Å². The summed E-state index contributed by atoms with van der Waals surface area (Å²) in [6.45, 7) is 0.802. The molecule has 25 heavy (non-hydrogen) atoms. The number of hydrogen-bond donors (Lipinski definition) is 0. The molecule has 0 saturated heterocycles. The van der Waals surface area contributed by atoms with Crippen molar-refractivity contribution in [2.45, 2.75) is 13.1 Å². The molecule has 0 fully saturated rings. The fraction of sp³-hybridized carbons (Fsp3) is 0.111. The van der Waals surface area contributed by atoms with E-state index in [1.54, 1.807) is 33.4 Å². The topological polar surface area (TPSA) is 69.8 Å². The molecule has 2 aromatic carbocycles. The summed E-state index contributed by atoms with van der Waals surface area (Å²) < 4.78 is 4.04. The van der Waals surface area contributed by atoms with Gasteiger partial charge in [-0.25, -0.2) is 9.97 Å². The Balaban J connectivity index is 1.92. The first-order valence-electron chi connectivity index (χ1n) is 7.83. The first-order chi connectivity index (χ1) is 12.1. The van der Waals surface area contributed by atoms with Crippen LogP contribution >= 0.6 is 15.9 Å². The van der Waals surface area contributed by atoms with E-state index in [2.05, 4.69) is 25.9 Å². The second-order valence-electron chi connectivity index (χ2n) is 5.96. The quantitative estimate of drug-likeness (QED) is 0.459. The van der Waals surface area contributed by atoms with E-state index >= 15 is 0 Å². The van der Waals surface area contributed by atoms with Gasteiger partial charge in [0.1, 0.15) is 0 Å². The van der Waals surface area contributed by atoms with Crippen LogP contribution in [0.5, 0.6) is 0 Å². The largest absolute Gasteiger partial charge is 0.288 e. The minimum Gasteiger partial charge on any atom is -0.288 e. The maximum atomic E-state index is 12.9. The third kappa shape index (κ3) is 2.02. The van der Waals surface area contributed by atoms with Gasteiger partial charge in [0.05, 0.1) is 21.8 Å². The maximum Gasteiger partial charge on any atom is 0.261 e. The number of para-hydroxylation sites is 1. The fourth-order valence-electron chi connectivity index (χ4n) is 3.32. The average Bonchev–Trinajstić information content (AvgIpc) is 2.63. The Morgan fingerprint density at radius 3 is 2.12 bits per heavy atom. The summed E-state index contributed by atoms with van der Waals surface area (Å²) in [5.41, 5.74) is 0.986. The van der Waals surface area contributed by atoms with Crippen LogP contribution in [0.2, 0.25) is 0 Å². The monoisotopic (exact) mass is 394 g/mol. The van der Waals surface area contributed by atoms with Gasteiger partial charge in [-0.15, -0.1) is 0 Å². The van der Waals surface area contributed by atoms with Crippen LogP contribution in [0, 0.1) is 0 Å². The highest BCUT2D eigenvalue weighted by Gasteiger charge is 2.23. The van der Waals surface area contributed by atoms with Gasteiger partial charge in [-0.2, -0.15) is 0 Å². The molecule has 122 valence electrons. The predicted molar refractivity (Wildman–Crippen MR) is 98.7 cm³/mol. The van der Waals surface area contributed by atoms with E-state index < -0.39 is 0 Å². The number of rotatable bonds is 0. The van der Waals surface area contributed by atoms with Crippen molar-refractivity contribution in [2.24, 2.45) is 0 Å². The Morgan fingerprint density at radius 2 is 1.40 bits per heavy atom. The molecule has 7 heteroatoms. The lowest BCUT2D eigenvalue weighted by Crippen LogP contribution is -2.35. The second kappa shape index (κ2) is 5.10. The van der Waals surface area contributed by atoms with Crippen molar-refractivity contribution >= 4 is 37.7 Å². The van der Waals surface area contributed by atoms with Crippen LogP contribution < -0.4 is 11.1 Å². The molecule has 0 aliphatic carbocycles. The molecule has 5 rings (SSSR count). The molecule has 1 aliphatic rings. The summed E-state index contributed by atoms with van der Waals surface area (Å²) in [6.07, 6.45) is 0.